The summed E-state index contributed by atoms with van der Waals surface area (Å²) in [5.74, 6) is 5.60. The number of aryl methyl sites for hydroxylation is 1. The Kier molecular flexibility index (Phi) is 5.56. The van der Waals surface area contributed by atoms with Gasteiger partial charge in [0, 0.05) is 5.69 Å². The van der Waals surface area contributed by atoms with E-state index in [2.05, 4.69) is 24.1 Å². The monoisotopic (exact) mass is 298 g/mol. The van der Waals surface area contributed by atoms with E-state index in [1.54, 1.807) is 6.07 Å². The van der Waals surface area contributed by atoms with Crippen molar-refractivity contribution < 1.29 is 4.79 Å². The summed E-state index contributed by atoms with van der Waals surface area (Å²) in [6.07, 6.45) is 2.18. The Balaban J connectivity index is 2.02. The lowest BCUT2D eigenvalue weighted by Crippen LogP contribution is -2.09. The summed E-state index contributed by atoms with van der Waals surface area (Å²) in [5.41, 5.74) is 7.42. The van der Waals surface area contributed by atoms with Crippen LogP contribution in [-0.4, -0.2) is 12.5 Å². The van der Waals surface area contributed by atoms with Gasteiger partial charge in [-0.15, -0.1) is 11.3 Å². The van der Waals surface area contributed by atoms with Gasteiger partial charge in [0.1, 0.15) is 0 Å². The maximum atomic E-state index is 12.1. The molecule has 0 aliphatic rings. The minimum absolute atomic E-state index is 0.107. The van der Waals surface area contributed by atoms with Crippen LogP contribution in [0.15, 0.2) is 36.4 Å². The molecule has 0 aliphatic carbocycles. The molecule has 0 radical (unpaired) electrons. The molecule has 21 heavy (non-hydrogen) atoms. The van der Waals surface area contributed by atoms with E-state index >= 15 is 0 Å². The van der Waals surface area contributed by atoms with Crippen molar-refractivity contribution in [2.24, 2.45) is 5.73 Å². The number of carbonyl (C=O) groups excluding carboxylic acids is 1. The van der Waals surface area contributed by atoms with Crippen molar-refractivity contribution in [1.82, 2.24) is 0 Å². The molecule has 1 amide bonds. The molecular weight excluding hydrogens is 280 g/mol. The number of nitrogens with two attached hydrogens (primary N) is 1. The van der Waals surface area contributed by atoms with Gasteiger partial charge < -0.3 is 11.1 Å². The summed E-state index contributed by atoms with van der Waals surface area (Å²) in [4.78, 5) is 13.6. The van der Waals surface area contributed by atoms with E-state index in [9.17, 15) is 4.79 Å². The molecule has 0 spiro atoms. The highest BCUT2D eigenvalue weighted by Gasteiger charge is 2.08. The largest absolute Gasteiger partial charge is 0.321 e. The Morgan fingerprint density at radius 3 is 2.67 bits per heavy atom. The van der Waals surface area contributed by atoms with Crippen LogP contribution in [0.1, 0.15) is 33.5 Å². The van der Waals surface area contributed by atoms with Gasteiger partial charge in [0.2, 0.25) is 0 Å². The number of hydrogen-bond acceptors (Lipinski definition) is 3. The topological polar surface area (TPSA) is 55.1 Å². The third-order valence-electron chi connectivity index (χ3n) is 2.89. The van der Waals surface area contributed by atoms with E-state index in [-0.39, 0.29) is 5.91 Å². The normalized spacial score (nSPS) is 9.81. The van der Waals surface area contributed by atoms with Crippen LogP contribution in [0.5, 0.6) is 0 Å². The summed E-state index contributed by atoms with van der Waals surface area (Å²) in [6.45, 7) is 2.47. The second-order valence-electron chi connectivity index (χ2n) is 4.57. The Hall–Kier alpha value is -2.09. The molecule has 0 unspecified atom stereocenters. The second-order valence-corrected chi connectivity index (χ2v) is 5.65. The molecule has 3 N–H and O–H groups in total. The van der Waals surface area contributed by atoms with Crippen molar-refractivity contribution in [3.05, 3.63) is 51.7 Å². The fraction of sp³-hybridized carbons (Fsp3) is 0.235. The summed E-state index contributed by atoms with van der Waals surface area (Å²) in [6, 6.07) is 11.6. The van der Waals surface area contributed by atoms with Crippen molar-refractivity contribution in [2.45, 2.75) is 19.8 Å². The van der Waals surface area contributed by atoms with E-state index < -0.39 is 0 Å². The quantitative estimate of drug-likeness (QED) is 0.851. The number of hydrogen-bond donors (Lipinski definition) is 2. The summed E-state index contributed by atoms with van der Waals surface area (Å²) < 4.78 is 0. The predicted molar refractivity (Wildman–Crippen MR) is 88.6 cm³/mol. The Morgan fingerprint density at radius 2 is 2.00 bits per heavy atom. The van der Waals surface area contributed by atoms with Crippen molar-refractivity contribution in [2.75, 3.05) is 11.9 Å². The van der Waals surface area contributed by atoms with Gasteiger partial charge in [-0.25, -0.2) is 0 Å². The highest BCUT2D eigenvalue weighted by molar-refractivity contribution is 7.14. The van der Waals surface area contributed by atoms with Crippen LogP contribution in [0.2, 0.25) is 0 Å². The number of anilines is 1. The average Bonchev–Trinajstić information content (AvgIpc) is 2.96. The zero-order valence-corrected chi connectivity index (χ0v) is 12.8. The minimum atomic E-state index is -0.107. The summed E-state index contributed by atoms with van der Waals surface area (Å²) in [7, 11) is 0. The smallest absolute Gasteiger partial charge is 0.265 e. The standard InChI is InChI=1S/C17H18N2OS/c1-2-4-13-6-8-14(9-7-13)19-17(20)16-11-10-15(21-16)5-3-12-18/h6-11H,2,4,12,18H2,1H3,(H,19,20). The molecule has 1 heterocycles. The maximum Gasteiger partial charge on any atom is 0.265 e. The highest BCUT2D eigenvalue weighted by Crippen LogP contribution is 2.18. The Labute approximate surface area is 129 Å². The van der Waals surface area contributed by atoms with Gasteiger partial charge in [-0.1, -0.05) is 37.3 Å². The van der Waals surface area contributed by atoms with Gasteiger partial charge in [0.25, 0.3) is 5.91 Å². The van der Waals surface area contributed by atoms with Gasteiger partial charge in [0.05, 0.1) is 16.3 Å². The van der Waals surface area contributed by atoms with Crippen molar-refractivity contribution in [3.63, 3.8) is 0 Å². The van der Waals surface area contributed by atoms with Crippen LogP contribution in [0.4, 0.5) is 5.69 Å². The first kappa shape index (κ1) is 15.3. The number of nitrogens with one attached hydrogen (secondary N) is 1. The van der Waals surface area contributed by atoms with E-state index in [1.165, 1.54) is 16.9 Å². The van der Waals surface area contributed by atoms with Crippen LogP contribution in [-0.2, 0) is 6.42 Å². The molecule has 2 aromatic rings. The third kappa shape index (κ3) is 4.45. The third-order valence-corrected chi connectivity index (χ3v) is 3.89. The van der Waals surface area contributed by atoms with E-state index in [0.717, 1.165) is 23.4 Å². The minimum Gasteiger partial charge on any atom is -0.321 e. The maximum absolute atomic E-state index is 12.1. The summed E-state index contributed by atoms with van der Waals surface area (Å²) >= 11 is 1.37. The van der Waals surface area contributed by atoms with E-state index in [1.807, 2.05) is 30.3 Å². The van der Waals surface area contributed by atoms with Gasteiger partial charge in [-0.2, -0.15) is 0 Å². The molecule has 4 heteroatoms. The first-order valence-electron chi connectivity index (χ1n) is 6.92. The molecule has 108 valence electrons. The van der Waals surface area contributed by atoms with Crippen molar-refractivity contribution in [3.8, 4) is 11.8 Å². The molecule has 0 bridgehead atoms. The van der Waals surface area contributed by atoms with Crippen LogP contribution in [0.25, 0.3) is 0 Å². The zero-order chi connectivity index (χ0) is 15.1. The van der Waals surface area contributed by atoms with Gasteiger partial charge >= 0.3 is 0 Å². The fourth-order valence-corrected chi connectivity index (χ4v) is 2.68. The van der Waals surface area contributed by atoms with Crippen LogP contribution >= 0.6 is 11.3 Å². The molecule has 3 nitrogen and oxygen atoms in total. The van der Waals surface area contributed by atoms with Crippen molar-refractivity contribution >= 4 is 22.9 Å². The molecule has 0 atom stereocenters. The number of carbonyl (C=O) groups is 1. The van der Waals surface area contributed by atoms with E-state index in [0.29, 0.717) is 11.4 Å². The first-order chi connectivity index (χ1) is 10.2. The fourth-order valence-electron chi connectivity index (χ4n) is 1.90. The van der Waals surface area contributed by atoms with E-state index in [4.69, 9.17) is 5.73 Å². The van der Waals surface area contributed by atoms with Crippen molar-refractivity contribution in [1.29, 1.82) is 0 Å². The van der Waals surface area contributed by atoms with Crippen LogP contribution in [0.3, 0.4) is 0 Å². The molecule has 0 aliphatic heterocycles. The predicted octanol–water partition coefficient (Wildman–Crippen LogP) is 3.26. The molecule has 0 saturated heterocycles. The Bertz CT molecular complexity index is 662. The summed E-state index contributed by atoms with van der Waals surface area (Å²) in [5, 5.41) is 2.90. The van der Waals surface area contributed by atoms with Crippen LogP contribution in [0, 0.1) is 11.8 Å². The Morgan fingerprint density at radius 1 is 1.24 bits per heavy atom. The van der Waals surface area contributed by atoms with Gasteiger partial charge in [-0.3, -0.25) is 4.79 Å². The lowest BCUT2D eigenvalue weighted by molar-refractivity contribution is 0.103. The molecule has 2 rings (SSSR count). The molecule has 0 saturated carbocycles. The number of amides is 1. The molecule has 0 fully saturated rings. The molecule has 1 aromatic heterocycles. The molecular formula is C17H18N2OS. The highest BCUT2D eigenvalue weighted by atomic mass is 32.1. The second kappa shape index (κ2) is 7.63. The zero-order valence-electron chi connectivity index (χ0n) is 12.0. The number of rotatable bonds is 4. The molecule has 1 aromatic carbocycles. The number of thiophene rings is 1. The first-order valence-corrected chi connectivity index (χ1v) is 7.73. The van der Waals surface area contributed by atoms with Crippen LogP contribution < -0.4 is 11.1 Å². The SMILES string of the molecule is CCCc1ccc(NC(=O)c2ccc(C#CCN)s2)cc1. The number of benzene rings is 1. The van der Waals surface area contributed by atoms with Gasteiger partial charge in [0.15, 0.2) is 0 Å². The lowest BCUT2D eigenvalue weighted by Gasteiger charge is -2.04. The van der Waals surface area contributed by atoms with Gasteiger partial charge in [-0.05, 0) is 36.2 Å². The lowest BCUT2D eigenvalue weighted by atomic mass is 10.1. The average molecular weight is 298 g/mol.